The lowest BCUT2D eigenvalue weighted by Crippen LogP contribution is -2.28. The molecule has 5 nitrogen and oxygen atoms in total. The van der Waals surface area contributed by atoms with Crippen molar-refractivity contribution in [3.05, 3.63) is 48.4 Å². The number of benzene rings is 1. The fourth-order valence-corrected chi connectivity index (χ4v) is 3.34. The molecular formula is C18H20N4O. The highest BCUT2D eigenvalue weighted by atomic mass is 16.5. The van der Waals surface area contributed by atoms with Gasteiger partial charge < -0.3 is 10.1 Å². The monoisotopic (exact) mass is 308 g/mol. The van der Waals surface area contributed by atoms with Crippen LogP contribution < -0.4 is 10.1 Å². The Morgan fingerprint density at radius 3 is 2.78 bits per heavy atom. The number of para-hydroxylation sites is 2. The van der Waals surface area contributed by atoms with Crippen molar-refractivity contribution in [2.45, 2.75) is 18.8 Å². The van der Waals surface area contributed by atoms with Gasteiger partial charge in [0.25, 0.3) is 0 Å². The number of ether oxygens (including phenoxy) is 1. The highest BCUT2D eigenvalue weighted by molar-refractivity contribution is 5.75. The number of imidazole rings is 1. The van der Waals surface area contributed by atoms with E-state index in [1.165, 1.54) is 0 Å². The Morgan fingerprint density at radius 1 is 1.13 bits per heavy atom. The van der Waals surface area contributed by atoms with Gasteiger partial charge in [0.05, 0.1) is 12.8 Å². The minimum absolute atomic E-state index is 0.440. The van der Waals surface area contributed by atoms with Crippen molar-refractivity contribution in [3.8, 4) is 11.4 Å². The number of nitrogens with one attached hydrogen (secondary N) is 1. The third-order valence-corrected chi connectivity index (χ3v) is 4.47. The SMILES string of the molecule is COc1ccccc1-n1c(C2CCNCC2)nc2cccnc21. The number of aromatic nitrogens is 3. The molecule has 4 rings (SSSR count). The summed E-state index contributed by atoms with van der Waals surface area (Å²) in [4.78, 5) is 9.48. The maximum absolute atomic E-state index is 5.57. The predicted molar refractivity (Wildman–Crippen MR) is 90.3 cm³/mol. The Hall–Kier alpha value is -2.40. The molecule has 0 bridgehead atoms. The largest absolute Gasteiger partial charge is 0.495 e. The Labute approximate surface area is 135 Å². The molecule has 2 aromatic heterocycles. The molecule has 3 aromatic rings. The fourth-order valence-electron chi connectivity index (χ4n) is 3.34. The van der Waals surface area contributed by atoms with Gasteiger partial charge >= 0.3 is 0 Å². The van der Waals surface area contributed by atoms with Crippen LogP contribution in [0.1, 0.15) is 24.6 Å². The molecule has 23 heavy (non-hydrogen) atoms. The summed E-state index contributed by atoms with van der Waals surface area (Å²) in [5, 5.41) is 3.42. The number of piperidine rings is 1. The molecule has 0 saturated carbocycles. The van der Waals surface area contributed by atoms with Crippen LogP contribution >= 0.6 is 0 Å². The second kappa shape index (κ2) is 6.01. The van der Waals surface area contributed by atoms with Crippen molar-refractivity contribution in [1.82, 2.24) is 19.9 Å². The van der Waals surface area contributed by atoms with E-state index < -0.39 is 0 Å². The number of nitrogens with zero attached hydrogens (tertiary/aromatic N) is 3. The maximum Gasteiger partial charge on any atom is 0.164 e. The van der Waals surface area contributed by atoms with Gasteiger partial charge in [-0.2, -0.15) is 0 Å². The lowest BCUT2D eigenvalue weighted by molar-refractivity contribution is 0.410. The molecule has 0 atom stereocenters. The Balaban J connectivity index is 1.95. The molecule has 0 unspecified atom stereocenters. The van der Waals surface area contributed by atoms with Crippen molar-refractivity contribution in [2.75, 3.05) is 20.2 Å². The van der Waals surface area contributed by atoms with Crippen LogP contribution in [0.15, 0.2) is 42.6 Å². The van der Waals surface area contributed by atoms with E-state index in [4.69, 9.17) is 9.72 Å². The number of hydrogen-bond donors (Lipinski definition) is 1. The van der Waals surface area contributed by atoms with Crippen molar-refractivity contribution < 1.29 is 4.74 Å². The molecule has 1 N–H and O–H groups in total. The third kappa shape index (κ3) is 2.47. The van der Waals surface area contributed by atoms with Gasteiger partial charge in [-0.25, -0.2) is 9.97 Å². The first kappa shape index (κ1) is 14.2. The summed E-state index contributed by atoms with van der Waals surface area (Å²) in [7, 11) is 1.70. The summed E-state index contributed by atoms with van der Waals surface area (Å²) < 4.78 is 7.74. The molecule has 118 valence electrons. The van der Waals surface area contributed by atoms with E-state index in [0.717, 1.165) is 54.4 Å². The lowest BCUT2D eigenvalue weighted by Gasteiger charge is -2.23. The number of methoxy groups -OCH3 is 1. The molecule has 1 fully saturated rings. The van der Waals surface area contributed by atoms with Crippen LogP contribution in [0.3, 0.4) is 0 Å². The van der Waals surface area contributed by atoms with Crippen molar-refractivity contribution in [2.24, 2.45) is 0 Å². The van der Waals surface area contributed by atoms with Gasteiger partial charge in [0, 0.05) is 12.1 Å². The van der Waals surface area contributed by atoms with Crippen molar-refractivity contribution in [1.29, 1.82) is 0 Å². The zero-order valence-corrected chi connectivity index (χ0v) is 13.2. The van der Waals surface area contributed by atoms with E-state index >= 15 is 0 Å². The second-order valence-corrected chi connectivity index (χ2v) is 5.85. The Morgan fingerprint density at radius 2 is 1.96 bits per heavy atom. The van der Waals surface area contributed by atoms with Crippen LogP contribution in [0, 0.1) is 0 Å². The molecular weight excluding hydrogens is 288 g/mol. The van der Waals surface area contributed by atoms with Gasteiger partial charge in [-0.3, -0.25) is 4.57 Å². The Bertz CT molecular complexity index is 821. The second-order valence-electron chi connectivity index (χ2n) is 5.85. The van der Waals surface area contributed by atoms with Crippen LogP contribution in [-0.4, -0.2) is 34.7 Å². The minimum Gasteiger partial charge on any atom is -0.495 e. The Kier molecular flexibility index (Phi) is 3.71. The van der Waals surface area contributed by atoms with E-state index in [0.29, 0.717) is 5.92 Å². The first-order chi connectivity index (χ1) is 11.4. The van der Waals surface area contributed by atoms with Crippen molar-refractivity contribution in [3.63, 3.8) is 0 Å². The number of rotatable bonds is 3. The highest BCUT2D eigenvalue weighted by Crippen LogP contribution is 2.33. The highest BCUT2D eigenvalue weighted by Gasteiger charge is 2.24. The molecule has 5 heteroatoms. The first-order valence-corrected chi connectivity index (χ1v) is 8.06. The third-order valence-electron chi connectivity index (χ3n) is 4.47. The van der Waals surface area contributed by atoms with E-state index in [9.17, 15) is 0 Å². The minimum atomic E-state index is 0.440. The predicted octanol–water partition coefficient (Wildman–Crippen LogP) is 2.90. The zero-order chi connectivity index (χ0) is 15.6. The first-order valence-electron chi connectivity index (χ1n) is 8.06. The fraction of sp³-hybridized carbons (Fsp3) is 0.333. The van der Waals surface area contributed by atoms with Crippen molar-refractivity contribution >= 4 is 11.2 Å². The number of pyridine rings is 1. The van der Waals surface area contributed by atoms with Crippen LogP contribution in [0.2, 0.25) is 0 Å². The van der Waals surface area contributed by atoms with Gasteiger partial charge in [-0.1, -0.05) is 12.1 Å². The van der Waals surface area contributed by atoms with E-state index in [-0.39, 0.29) is 0 Å². The summed E-state index contributed by atoms with van der Waals surface area (Å²) in [6, 6.07) is 12.0. The van der Waals surface area contributed by atoms with Gasteiger partial charge in [-0.15, -0.1) is 0 Å². The van der Waals surface area contributed by atoms with Gasteiger partial charge in [-0.05, 0) is 50.2 Å². The van der Waals surface area contributed by atoms with Crippen LogP contribution in [0.5, 0.6) is 5.75 Å². The summed E-state index contributed by atoms with van der Waals surface area (Å²) in [5.41, 5.74) is 2.84. The average Bonchev–Trinajstić information content (AvgIpc) is 3.02. The number of hydrogen-bond acceptors (Lipinski definition) is 4. The lowest BCUT2D eigenvalue weighted by atomic mass is 9.97. The van der Waals surface area contributed by atoms with Crippen LogP contribution in [0.25, 0.3) is 16.9 Å². The standard InChI is InChI=1S/C18H20N4O/c1-23-16-7-3-2-6-15(16)22-17(13-8-11-19-12-9-13)21-14-5-4-10-20-18(14)22/h2-7,10,13,19H,8-9,11-12H2,1H3. The van der Waals surface area contributed by atoms with Gasteiger partial charge in [0.15, 0.2) is 5.65 Å². The van der Waals surface area contributed by atoms with Crippen LogP contribution in [-0.2, 0) is 0 Å². The summed E-state index contributed by atoms with van der Waals surface area (Å²) >= 11 is 0. The molecule has 1 saturated heterocycles. The molecule has 1 aliphatic rings. The molecule has 0 spiro atoms. The average molecular weight is 308 g/mol. The normalized spacial score (nSPS) is 15.9. The topological polar surface area (TPSA) is 52.0 Å². The molecule has 0 radical (unpaired) electrons. The summed E-state index contributed by atoms with van der Waals surface area (Å²) in [6.45, 7) is 2.07. The molecule has 1 aromatic carbocycles. The number of fused-ring (bicyclic) bond motifs is 1. The molecule has 0 amide bonds. The quantitative estimate of drug-likeness (QED) is 0.808. The smallest absolute Gasteiger partial charge is 0.164 e. The zero-order valence-electron chi connectivity index (χ0n) is 13.2. The van der Waals surface area contributed by atoms with Gasteiger partial charge in [0.2, 0.25) is 0 Å². The molecule has 1 aliphatic heterocycles. The van der Waals surface area contributed by atoms with E-state index in [1.54, 1.807) is 7.11 Å². The van der Waals surface area contributed by atoms with E-state index in [2.05, 4.69) is 20.9 Å². The molecule has 0 aliphatic carbocycles. The summed E-state index contributed by atoms with van der Waals surface area (Å²) in [5.74, 6) is 2.37. The maximum atomic E-state index is 5.57. The van der Waals surface area contributed by atoms with Gasteiger partial charge in [0.1, 0.15) is 17.1 Å². The molecule has 3 heterocycles. The van der Waals surface area contributed by atoms with Crippen LogP contribution in [0.4, 0.5) is 0 Å². The van der Waals surface area contributed by atoms with E-state index in [1.807, 2.05) is 36.5 Å². The summed E-state index contributed by atoms with van der Waals surface area (Å²) in [6.07, 6.45) is 4.01.